The fourth-order valence-electron chi connectivity index (χ4n) is 2.61. The first-order valence-corrected chi connectivity index (χ1v) is 8.31. The first-order chi connectivity index (χ1) is 12.0. The highest BCUT2D eigenvalue weighted by Crippen LogP contribution is 2.21. The van der Waals surface area contributed by atoms with Gasteiger partial charge in [-0.15, -0.1) is 0 Å². The molecule has 0 spiro atoms. The Kier molecular flexibility index (Phi) is 4.87. The maximum Gasteiger partial charge on any atom is 0.319 e. The third kappa shape index (κ3) is 4.09. The van der Waals surface area contributed by atoms with Gasteiger partial charge in [-0.3, -0.25) is 4.79 Å². The molecule has 1 aliphatic heterocycles. The number of carbonyl (C=O) groups is 2. The van der Waals surface area contributed by atoms with Crippen LogP contribution in [0.3, 0.4) is 0 Å². The molecule has 0 aliphatic carbocycles. The number of benzene rings is 1. The van der Waals surface area contributed by atoms with E-state index in [-0.39, 0.29) is 18.0 Å². The van der Waals surface area contributed by atoms with E-state index in [1.807, 2.05) is 13.8 Å². The van der Waals surface area contributed by atoms with E-state index in [0.717, 1.165) is 25.3 Å². The fraction of sp³-hybridized carbons (Fsp3) is 0.353. The second-order valence-electron chi connectivity index (χ2n) is 6.19. The molecule has 8 nitrogen and oxygen atoms in total. The van der Waals surface area contributed by atoms with Crippen LogP contribution in [-0.2, 0) is 6.54 Å². The summed E-state index contributed by atoms with van der Waals surface area (Å²) in [5, 5.41) is 15.8. The minimum atomic E-state index is -0.260. The predicted molar refractivity (Wildman–Crippen MR) is 97.0 cm³/mol. The van der Waals surface area contributed by atoms with Crippen molar-refractivity contribution in [2.45, 2.75) is 32.9 Å². The summed E-state index contributed by atoms with van der Waals surface area (Å²) in [6.45, 7) is 5.43. The molecule has 0 bridgehead atoms. The van der Waals surface area contributed by atoms with E-state index in [1.165, 1.54) is 0 Å². The van der Waals surface area contributed by atoms with Gasteiger partial charge in [0.05, 0.1) is 6.20 Å². The van der Waals surface area contributed by atoms with Crippen molar-refractivity contribution in [1.82, 2.24) is 15.1 Å². The molecule has 4 N–H and O–H groups in total. The molecule has 1 aromatic heterocycles. The van der Waals surface area contributed by atoms with E-state index in [2.05, 4.69) is 26.4 Å². The van der Waals surface area contributed by atoms with Crippen LogP contribution < -0.4 is 21.3 Å². The number of carbonyl (C=O) groups excluding carboxylic acids is 2. The second-order valence-corrected chi connectivity index (χ2v) is 6.19. The molecule has 0 saturated heterocycles. The Morgan fingerprint density at radius 1 is 1.16 bits per heavy atom. The zero-order valence-corrected chi connectivity index (χ0v) is 14.3. The van der Waals surface area contributed by atoms with Crippen molar-refractivity contribution in [3.05, 3.63) is 36.0 Å². The lowest BCUT2D eigenvalue weighted by atomic mass is 10.2. The Morgan fingerprint density at radius 3 is 2.52 bits per heavy atom. The molecule has 3 amide bonds. The number of hydrogen-bond acceptors (Lipinski definition) is 4. The molecule has 132 valence electrons. The molecule has 0 radical (unpaired) electrons. The van der Waals surface area contributed by atoms with Crippen molar-refractivity contribution in [3.8, 4) is 0 Å². The molecule has 0 fully saturated rings. The Bertz CT molecular complexity index is 766. The van der Waals surface area contributed by atoms with Crippen LogP contribution in [0.15, 0.2) is 30.5 Å². The van der Waals surface area contributed by atoms with Gasteiger partial charge in [0.25, 0.3) is 5.91 Å². The van der Waals surface area contributed by atoms with Crippen LogP contribution in [-0.4, -0.2) is 34.3 Å². The molecule has 1 aliphatic rings. The zero-order valence-electron chi connectivity index (χ0n) is 14.3. The molecule has 2 aromatic rings. The van der Waals surface area contributed by atoms with Crippen LogP contribution in [0.5, 0.6) is 0 Å². The molecule has 0 saturated carbocycles. The monoisotopic (exact) mass is 342 g/mol. The summed E-state index contributed by atoms with van der Waals surface area (Å²) in [5.74, 6) is 0.543. The fourth-order valence-corrected chi connectivity index (χ4v) is 2.61. The van der Waals surface area contributed by atoms with Crippen molar-refractivity contribution < 1.29 is 9.59 Å². The van der Waals surface area contributed by atoms with Gasteiger partial charge >= 0.3 is 6.03 Å². The Hall–Kier alpha value is -3.03. The smallest absolute Gasteiger partial charge is 0.319 e. The summed E-state index contributed by atoms with van der Waals surface area (Å²) in [5.41, 5.74) is 1.83. The lowest BCUT2D eigenvalue weighted by Gasteiger charge is -2.16. The van der Waals surface area contributed by atoms with Crippen LogP contribution in [0.25, 0.3) is 0 Å². The highest BCUT2D eigenvalue weighted by molar-refractivity contribution is 6.07. The number of nitrogens with one attached hydrogen (secondary N) is 4. The number of amides is 3. The Balaban J connectivity index is 1.62. The summed E-state index contributed by atoms with van der Waals surface area (Å²) >= 11 is 0. The average Bonchev–Trinajstić information content (AvgIpc) is 3.00. The third-order valence-electron chi connectivity index (χ3n) is 3.74. The average molecular weight is 342 g/mol. The van der Waals surface area contributed by atoms with E-state index in [1.54, 1.807) is 35.1 Å². The van der Waals surface area contributed by atoms with Crippen molar-refractivity contribution >= 4 is 29.1 Å². The van der Waals surface area contributed by atoms with Crippen LogP contribution in [0.2, 0.25) is 0 Å². The van der Waals surface area contributed by atoms with Crippen LogP contribution in [0, 0.1) is 0 Å². The van der Waals surface area contributed by atoms with Crippen LogP contribution >= 0.6 is 0 Å². The number of nitrogens with zero attached hydrogens (tertiary/aromatic N) is 2. The predicted octanol–water partition coefficient (Wildman–Crippen LogP) is 2.48. The minimum Gasteiger partial charge on any atom is -0.370 e. The highest BCUT2D eigenvalue weighted by atomic mass is 16.2. The molecule has 0 atom stereocenters. The van der Waals surface area contributed by atoms with Gasteiger partial charge in [-0.1, -0.05) is 0 Å². The standard InChI is InChI=1S/C17H22N6O2/c1-11(2)20-17(25)22-13-6-4-12(5-7-13)21-16(24)14-10-19-23-9-3-8-18-15(14)23/h4-7,10-11,18H,3,8-9H2,1-2H3,(H,21,24)(H2,20,22,25). The van der Waals surface area contributed by atoms with Crippen molar-refractivity contribution in [3.63, 3.8) is 0 Å². The molecular weight excluding hydrogens is 320 g/mol. The number of hydrogen-bond donors (Lipinski definition) is 4. The minimum absolute atomic E-state index is 0.0640. The maximum atomic E-state index is 12.4. The summed E-state index contributed by atoms with van der Waals surface area (Å²) < 4.78 is 1.80. The van der Waals surface area contributed by atoms with Crippen molar-refractivity contribution in [1.29, 1.82) is 0 Å². The van der Waals surface area contributed by atoms with E-state index < -0.39 is 0 Å². The third-order valence-corrected chi connectivity index (χ3v) is 3.74. The zero-order chi connectivity index (χ0) is 17.8. The number of aromatic nitrogens is 2. The van der Waals surface area contributed by atoms with Gasteiger partial charge in [-0.05, 0) is 44.5 Å². The first-order valence-electron chi connectivity index (χ1n) is 8.31. The number of rotatable bonds is 4. The molecule has 25 heavy (non-hydrogen) atoms. The number of aryl methyl sites for hydroxylation is 1. The Labute approximate surface area is 146 Å². The molecular formula is C17H22N6O2. The largest absolute Gasteiger partial charge is 0.370 e. The second kappa shape index (κ2) is 7.25. The number of anilines is 3. The summed E-state index contributed by atoms with van der Waals surface area (Å²) in [6.07, 6.45) is 2.57. The lowest BCUT2D eigenvalue weighted by Crippen LogP contribution is -2.34. The first kappa shape index (κ1) is 16.8. The molecule has 3 rings (SSSR count). The SMILES string of the molecule is CC(C)NC(=O)Nc1ccc(NC(=O)c2cnn3c2NCCC3)cc1. The molecule has 1 aromatic carbocycles. The quantitative estimate of drug-likeness (QED) is 0.686. The van der Waals surface area contributed by atoms with Gasteiger partial charge in [-0.25, -0.2) is 9.48 Å². The lowest BCUT2D eigenvalue weighted by molar-refractivity contribution is 0.102. The normalized spacial score (nSPS) is 12.9. The highest BCUT2D eigenvalue weighted by Gasteiger charge is 2.19. The molecule has 0 unspecified atom stereocenters. The van der Waals surface area contributed by atoms with Crippen molar-refractivity contribution in [2.75, 3.05) is 22.5 Å². The maximum absolute atomic E-state index is 12.4. The van der Waals surface area contributed by atoms with E-state index in [0.29, 0.717) is 16.9 Å². The number of urea groups is 1. The van der Waals surface area contributed by atoms with Crippen LogP contribution in [0.1, 0.15) is 30.6 Å². The molecule has 8 heteroatoms. The number of fused-ring (bicyclic) bond motifs is 1. The van der Waals surface area contributed by atoms with Crippen LogP contribution in [0.4, 0.5) is 22.0 Å². The topological polar surface area (TPSA) is 100 Å². The van der Waals surface area contributed by atoms with Crippen molar-refractivity contribution in [2.24, 2.45) is 0 Å². The van der Waals surface area contributed by atoms with E-state index >= 15 is 0 Å². The van der Waals surface area contributed by atoms with Gasteiger partial charge in [0.15, 0.2) is 0 Å². The summed E-state index contributed by atoms with van der Waals surface area (Å²) in [4.78, 5) is 24.1. The van der Waals surface area contributed by atoms with Gasteiger partial charge in [0, 0.05) is 30.5 Å². The summed E-state index contributed by atoms with van der Waals surface area (Å²) in [7, 11) is 0. The molecule has 2 heterocycles. The van der Waals surface area contributed by atoms with Gasteiger partial charge < -0.3 is 21.3 Å². The van der Waals surface area contributed by atoms with E-state index in [4.69, 9.17) is 0 Å². The van der Waals surface area contributed by atoms with Gasteiger partial charge in [0.2, 0.25) is 0 Å². The van der Waals surface area contributed by atoms with Gasteiger partial charge in [-0.2, -0.15) is 5.10 Å². The van der Waals surface area contributed by atoms with E-state index in [9.17, 15) is 9.59 Å². The summed E-state index contributed by atoms with van der Waals surface area (Å²) in [6, 6.07) is 6.76. The Morgan fingerprint density at radius 2 is 1.84 bits per heavy atom. The van der Waals surface area contributed by atoms with Gasteiger partial charge in [0.1, 0.15) is 11.4 Å².